The van der Waals surface area contributed by atoms with Gasteiger partial charge in [0.05, 0.1) is 12.1 Å². The first-order valence-corrected chi connectivity index (χ1v) is 14.9. The average Bonchev–Trinajstić information content (AvgIpc) is 2.99. The van der Waals surface area contributed by atoms with Gasteiger partial charge < -0.3 is 18.8 Å². The number of pyridine rings is 1. The highest BCUT2D eigenvalue weighted by molar-refractivity contribution is 5.89. The van der Waals surface area contributed by atoms with Crippen LogP contribution in [0.3, 0.4) is 0 Å². The topological polar surface area (TPSA) is 49.7 Å². The van der Waals surface area contributed by atoms with Crippen LogP contribution in [0.4, 0.5) is 0 Å². The summed E-state index contributed by atoms with van der Waals surface area (Å²) in [6, 6.07) is 26.1. The van der Waals surface area contributed by atoms with E-state index >= 15 is 0 Å². The summed E-state index contributed by atoms with van der Waals surface area (Å²) in [5, 5.41) is 0.863. The van der Waals surface area contributed by atoms with Crippen LogP contribution in [-0.2, 0) is 19.8 Å². The van der Waals surface area contributed by atoms with Crippen LogP contribution in [0.1, 0.15) is 76.3 Å². The number of rotatable bonds is 17. The van der Waals surface area contributed by atoms with Crippen LogP contribution in [0.15, 0.2) is 83.7 Å². The van der Waals surface area contributed by atoms with Crippen LogP contribution in [-0.4, -0.2) is 11.2 Å². The summed E-state index contributed by atoms with van der Waals surface area (Å²) in [6.07, 6.45) is 8.60. The molecule has 3 aromatic carbocycles. The van der Waals surface area contributed by atoms with E-state index in [1.165, 1.54) is 0 Å². The van der Waals surface area contributed by atoms with Gasteiger partial charge in [-0.05, 0) is 36.1 Å². The lowest BCUT2D eigenvalue weighted by molar-refractivity contribution is 0.255. The molecule has 0 saturated carbocycles. The molecule has 0 spiro atoms. The van der Waals surface area contributed by atoms with Gasteiger partial charge in [0, 0.05) is 18.0 Å². The number of aryl methyl sites for hydroxylation is 1. The largest absolute Gasteiger partial charge is 0.489 e. The number of unbranched alkanes of at least 4 members (excludes halogenated alkanes) is 6. The highest BCUT2D eigenvalue weighted by atomic mass is 16.5. The monoisotopic (exact) mass is 541 g/mol. The van der Waals surface area contributed by atoms with E-state index in [0.29, 0.717) is 37.9 Å². The molecule has 5 heteroatoms. The summed E-state index contributed by atoms with van der Waals surface area (Å²) in [4.78, 5) is 14.0. The van der Waals surface area contributed by atoms with Crippen molar-refractivity contribution in [3.05, 3.63) is 100 Å². The summed E-state index contributed by atoms with van der Waals surface area (Å²) >= 11 is 0. The maximum Gasteiger partial charge on any atom is 0.297 e. The predicted molar refractivity (Wildman–Crippen MR) is 164 cm³/mol. The van der Waals surface area contributed by atoms with E-state index in [4.69, 9.17) is 14.2 Å². The fraction of sp³-hybridized carbons (Fsp3) is 0.400. The number of benzene rings is 3. The van der Waals surface area contributed by atoms with Gasteiger partial charge >= 0.3 is 0 Å². The van der Waals surface area contributed by atoms with Gasteiger partial charge in [-0.15, -0.1) is 0 Å². The Morgan fingerprint density at radius 1 is 0.625 bits per heavy atom. The van der Waals surface area contributed by atoms with Crippen LogP contribution in [0, 0.1) is 0 Å². The molecule has 0 fully saturated rings. The maximum absolute atomic E-state index is 14.0. The zero-order chi connectivity index (χ0) is 28.0. The molecule has 4 aromatic rings. The predicted octanol–water partition coefficient (Wildman–Crippen LogP) is 8.70. The molecule has 5 nitrogen and oxygen atoms in total. The minimum atomic E-state index is -0.136. The van der Waals surface area contributed by atoms with Crippen LogP contribution in [0.2, 0.25) is 0 Å². The Labute approximate surface area is 238 Å². The molecule has 40 heavy (non-hydrogen) atoms. The Balaban J connectivity index is 1.71. The van der Waals surface area contributed by atoms with Crippen molar-refractivity contribution in [2.75, 3.05) is 6.61 Å². The standard InChI is InChI=1S/C35H43NO4/c1-3-5-7-15-23-36-32-25-30(39-26-28-17-11-9-12-18-28)21-22-31(32)33(40-27-29-19-13-10-14-20-29)34(35(36)37)38-24-16-8-6-4-2/h9-14,17-22,25H,3-8,15-16,23-24,26-27H2,1-2H3. The lowest BCUT2D eigenvalue weighted by Gasteiger charge is -2.20. The van der Waals surface area contributed by atoms with Crippen LogP contribution >= 0.6 is 0 Å². The number of hydrogen-bond donors (Lipinski definition) is 0. The molecule has 212 valence electrons. The summed E-state index contributed by atoms with van der Waals surface area (Å²) in [7, 11) is 0. The number of aromatic nitrogens is 1. The highest BCUT2D eigenvalue weighted by Gasteiger charge is 2.21. The third-order valence-electron chi connectivity index (χ3n) is 7.10. The fourth-order valence-corrected chi connectivity index (χ4v) is 4.83. The van der Waals surface area contributed by atoms with E-state index in [0.717, 1.165) is 79.1 Å². The van der Waals surface area contributed by atoms with E-state index in [1.807, 2.05) is 83.4 Å². The first-order chi connectivity index (χ1) is 19.7. The van der Waals surface area contributed by atoms with Gasteiger partial charge in [0.15, 0.2) is 5.75 Å². The van der Waals surface area contributed by atoms with E-state index in [2.05, 4.69) is 13.8 Å². The highest BCUT2D eigenvalue weighted by Crippen LogP contribution is 2.36. The van der Waals surface area contributed by atoms with Crippen molar-refractivity contribution in [3.63, 3.8) is 0 Å². The van der Waals surface area contributed by atoms with Crippen molar-refractivity contribution >= 4 is 10.9 Å². The molecule has 0 radical (unpaired) electrons. The van der Waals surface area contributed by atoms with Gasteiger partial charge in [0.1, 0.15) is 19.0 Å². The molecular weight excluding hydrogens is 498 g/mol. The van der Waals surface area contributed by atoms with E-state index in [1.54, 1.807) is 0 Å². The van der Waals surface area contributed by atoms with Gasteiger partial charge in [-0.2, -0.15) is 0 Å². The first-order valence-electron chi connectivity index (χ1n) is 14.9. The number of hydrogen-bond acceptors (Lipinski definition) is 4. The molecule has 1 aromatic heterocycles. The lowest BCUT2D eigenvalue weighted by Crippen LogP contribution is -2.24. The molecule has 0 amide bonds. The second-order valence-corrected chi connectivity index (χ2v) is 10.3. The number of ether oxygens (including phenoxy) is 3. The Morgan fingerprint density at radius 3 is 1.90 bits per heavy atom. The van der Waals surface area contributed by atoms with Crippen molar-refractivity contribution in [1.29, 1.82) is 0 Å². The minimum absolute atomic E-state index is 0.136. The Kier molecular flexibility index (Phi) is 11.5. The van der Waals surface area contributed by atoms with Gasteiger partial charge in [0.25, 0.3) is 5.56 Å². The lowest BCUT2D eigenvalue weighted by atomic mass is 10.1. The quantitative estimate of drug-likeness (QED) is 0.125. The van der Waals surface area contributed by atoms with Gasteiger partial charge in [-0.25, -0.2) is 0 Å². The van der Waals surface area contributed by atoms with Gasteiger partial charge in [-0.3, -0.25) is 4.79 Å². The van der Waals surface area contributed by atoms with Crippen molar-refractivity contribution in [1.82, 2.24) is 4.57 Å². The average molecular weight is 542 g/mol. The molecule has 0 atom stereocenters. The molecule has 0 N–H and O–H groups in total. The van der Waals surface area contributed by atoms with Crippen LogP contribution in [0.5, 0.6) is 17.2 Å². The fourth-order valence-electron chi connectivity index (χ4n) is 4.83. The second kappa shape index (κ2) is 15.8. The van der Waals surface area contributed by atoms with Crippen molar-refractivity contribution < 1.29 is 14.2 Å². The molecule has 0 aliphatic carbocycles. The molecule has 0 unspecified atom stereocenters. The van der Waals surface area contributed by atoms with Crippen LogP contribution in [0.25, 0.3) is 10.9 Å². The smallest absolute Gasteiger partial charge is 0.297 e. The molecule has 4 rings (SSSR count). The minimum Gasteiger partial charge on any atom is -0.489 e. The third kappa shape index (κ3) is 8.14. The van der Waals surface area contributed by atoms with Crippen molar-refractivity contribution in [2.24, 2.45) is 0 Å². The molecule has 0 aliphatic rings. The summed E-state index contributed by atoms with van der Waals surface area (Å²) in [6.45, 7) is 6.33. The van der Waals surface area contributed by atoms with Crippen molar-refractivity contribution in [2.45, 2.75) is 85.0 Å². The number of fused-ring (bicyclic) bond motifs is 1. The SMILES string of the molecule is CCCCCCOc1c(OCc2ccccc2)c2ccc(OCc3ccccc3)cc2n(CCCCCC)c1=O. The Morgan fingerprint density at radius 2 is 1.25 bits per heavy atom. The normalized spacial score (nSPS) is 11.1. The molecule has 1 heterocycles. The molecule has 0 bridgehead atoms. The Bertz CT molecular complexity index is 1370. The van der Waals surface area contributed by atoms with Gasteiger partial charge in [0.2, 0.25) is 5.75 Å². The molecule has 0 aliphatic heterocycles. The zero-order valence-electron chi connectivity index (χ0n) is 24.1. The van der Waals surface area contributed by atoms with E-state index in [-0.39, 0.29) is 5.56 Å². The third-order valence-corrected chi connectivity index (χ3v) is 7.10. The van der Waals surface area contributed by atoms with Crippen LogP contribution < -0.4 is 19.8 Å². The molecule has 0 saturated heterocycles. The molecular formula is C35H43NO4. The van der Waals surface area contributed by atoms with Crippen molar-refractivity contribution in [3.8, 4) is 17.2 Å². The summed E-state index contributed by atoms with van der Waals surface area (Å²) in [5.74, 6) is 1.55. The Hall–Kier alpha value is -3.73. The summed E-state index contributed by atoms with van der Waals surface area (Å²) in [5.41, 5.74) is 2.81. The second-order valence-electron chi connectivity index (χ2n) is 10.3. The first kappa shape index (κ1) is 29.3. The zero-order valence-corrected chi connectivity index (χ0v) is 24.1. The van der Waals surface area contributed by atoms with E-state index in [9.17, 15) is 4.79 Å². The summed E-state index contributed by atoms with van der Waals surface area (Å²) < 4.78 is 20.6. The van der Waals surface area contributed by atoms with Gasteiger partial charge in [-0.1, -0.05) is 113 Å². The maximum atomic E-state index is 14.0. The van der Waals surface area contributed by atoms with E-state index < -0.39 is 0 Å². The number of nitrogens with zero attached hydrogens (tertiary/aromatic N) is 1.